The number of benzene rings is 1. The molecule has 1 aliphatic rings. The molecule has 1 saturated heterocycles. The van der Waals surface area contributed by atoms with Crippen molar-refractivity contribution in [2.75, 3.05) is 6.54 Å². The fraction of sp³-hybridized carbons (Fsp3) is 0.368. The molecule has 28 heavy (non-hydrogen) atoms. The molecule has 6 nitrogen and oxygen atoms in total. The van der Waals surface area contributed by atoms with Crippen molar-refractivity contribution < 1.29 is 13.6 Å². The van der Waals surface area contributed by atoms with E-state index in [1.807, 2.05) is 6.92 Å². The number of aromatic nitrogens is 3. The normalized spacial score (nSPS) is 17.0. The summed E-state index contributed by atoms with van der Waals surface area (Å²) in [6.45, 7) is 1.53. The molecular formula is C19H18F2N4O2S. The monoisotopic (exact) mass is 404 g/mol. The number of likely N-dealkylation sites (tertiary alicyclic amines) is 1. The summed E-state index contributed by atoms with van der Waals surface area (Å²) in [5.41, 5.74) is 0.263. The molecule has 1 amide bonds. The second kappa shape index (κ2) is 7.38. The number of carbonyl (C=O) groups excluding carboxylic acids is 1. The molecule has 0 aliphatic carbocycles. The number of thiazole rings is 1. The first-order valence-electron chi connectivity index (χ1n) is 8.96. The van der Waals surface area contributed by atoms with Gasteiger partial charge in [-0.25, -0.2) is 18.7 Å². The van der Waals surface area contributed by atoms with E-state index in [-0.39, 0.29) is 17.1 Å². The highest BCUT2D eigenvalue weighted by atomic mass is 32.1. The summed E-state index contributed by atoms with van der Waals surface area (Å²) in [6.07, 6.45) is -1.44. The van der Waals surface area contributed by atoms with E-state index in [1.165, 1.54) is 11.3 Å². The van der Waals surface area contributed by atoms with Gasteiger partial charge in [0.05, 0.1) is 28.5 Å². The number of para-hydroxylation sites is 1. The van der Waals surface area contributed by atoms with E-state index in [0.717, 1.165) is 9.57 Å². The van der Waals surface area contributed by atoms with Crippen molar-refractivity contribution in [1.29, 1.82) is 0 Å². The van der Waals surface area contributed by atoms with Gasteiger partial charge in [-0.2, -0.15) is 0 Å². The topological polar surface area (TPSA) is 68.1 Å². The van der Waals surface area contributed by atoms with Gasteiger partial charge in [-0.1, -0.05) is 12.1 Å². The fourth-order valence-corrected chi connectivity index (χ4v) is 4.23. The van der Waals surface area contributed by atoms with Crippen molar-refractivity contribution >= 4 is 28.1 Å². The van der Waals surface area contributed by atoms with Crippen LogP contribution in [0.5, 0.6) is 0 Å². The van der Waals surface area contributed by atoms with Crippen LogP contribution in [0.2, 0.25) is 0 Å². The van der Waals surface area contributed by atoms with Gasteiger partial charge in [0.25, 0.3) is 17.9 Å². The van der Waals surface area contributed by atoms with Crippen molar-refractivity contribution in [3.8, 4) is 0 Å². The Labute approximate surface area is 163 Å². The van der Waals surface area contributed by atoms with Gasteiger partial charge in [0.1, 0.15) is 11.5 Å². The predicted octanol–water partition coefficient (Wildman–Crippen LogP) is 3.40. The van der Waals surface area contributed by atoms with Crippen LogP contribution in [0, 0.1) is 6.92 Å². The zero-order valence-corrected chi connectivity index (χ0v) is 16.0. The molecule has 0 spiro atoms. The molecule has 1 atom stereocenters. The number of amides is 1. The molecule has 4 rings (SSSR count). The van der Waals surface area contributed by atoms with Gasteiger partial charge in [-0.15, -0.1) is 11.3 Å². The lowest BCUT2D eigenvalue weighted by atomic mass is 10.1. The molecule has 2 aromatic heterocycles. The average Bonchev–Trinajstić information content (AvgIpc) is 3.32. The van der Waals surface area contributed by atoms with Crippen LogP contribution in [0.4, 0.5) is 8.78 Å². The minimum Gasteiger partial charge on any atom is -0.327 e. The zero-order chi connectivity index (χ0) is 19.8. The number of rotatable bonds is 4. The molecule has 1 aliphatic heterocycles. The Balaban J connectivity index is 1.82. The van der Waals surface area contributed by atoms with Crippen molar-refractivity contribution in [2.45, 2.75) is 38.8 Å². The number of nitrogens with zero attached hydrogens (tertiary/aromatic N) is 4. The minimum absolute atomic E-state index is 0.210. The van der Waals surface area contributed by atoms with Crippen molar-refractivity contribution in [1.82, 2.24) is 19.4 Å². The predicted molar refractivity (Wildman–Crippen MR) is 102 cm³/mol. The van der Waals surface area contributed by atoms with Crippen LogP contribution in [0.3, 0.4) is 0 Å². The average molecular weight is 404 g/mol. The maximum atomic E-state index is 13.2. The number of halogens is 2. The van der Waals surface area contributed by atoms with Crippen LogP contribution in [-0.2, 0) is 6.54 Å². The first-order valence-corrected chi connectivity index (χ1v) is 9.84. The van der Waals surface area contributed by atoms with Gasteiger partial charge in [0.2, 0.25) is 0 Å². The standard InChI is InChI=1S/C19H18F2N4O2S/c1-11-22-14(10-28-11)19(27)24-8-4-7-15(24)17-23-13-6-3-2-5-12(13)18(26)25(17)9-16(20)21/h2-3,5-6,10,15-16H,4,7-9H2,1H3. The molecule has 0 bridgehead atoms. The molecule has 3 heterocycles. The van der Waals surface area contributed by atoms with E-state index in [4.69, 9.17) is 0 Å². The lowest BCUT2D eigenvalue weighted by Gasteiger charge is -2.26. The highest BCUT2D eigenvalue weighted by Crippen LogP contribution is 2.32. The Kier molecular flexibility index (Phi) is 4.92. The van der Waals surface area contributed by atoms with E-state index in [9.17, 15) is 18.4 Å². The van der Waals surface area contributed by atoms with Gasteiger partial charge < -0.3 is 4.90 Å². The van der Waals surface area contributed by atoms with Gasteiger partial charge in [-0.05, 0) is 31.9 Å². The van der Waals surface area contributed by atoms with Gasteiger partial charge in [-0.3, -0.25) is 14.2 Å². The van der Waals surface area contributed by atoms with Crippen LogP contribution in [-0.4, -0.2) is 38.3 Å². The summed E-state index contributed by atoms with van der Waals surface area (Å²) in [5, 5.41) is 2.75. The van der Waals surface area contributed by atoms with Gasteiger partial charge in [0.15, 0.2) is 0 Å². The summed E-state index contributed by atoms with van der Waals surface area (Å²) >= 11 is 1.38. The molecule has 1 fully saturated rings. The van der Waals surface area contributed by atoms with Crippen molar-refractivity contribution in [3.63, 3.8) is 0 Å². The quantitative estimate of drug-likeness (QED) is 0.668. The van der Waals surface area contributed by atoms with Crippen LogP contribution in [0.15, 0.2) is 34.4 Å². The molecule has 146 valence electrons. The lowest BCUT2D eigenvalue weighted by molar-refractivity contribution is 0.0715. The Morgan fingerprint density at radius 1 is 1.32 bits per heavy atom. The third-order valence-corrected chi connectivity index (χ3v) is 5.64. The van der Waals surface area contributed by atoms with E-state index >= 15 is 0 Å². The summed E-state index contributed by atoms with van der Waals surface area (Å²) in [6, 6.07) is 6.13. The number of alkyl halides is 2. The maximum Gasteiger partial charge on any atom is 0.273 e. The molecule has 0 radical (unpaired) electrons. The third-order valence-electron chi connectivity index (χ3n) is 4.86. The first-order chi connectivity index (χ1) is 13.5. The van der Waals surface area contributed by atoms with Gasteiger partial charge in [0, 0.05) is 11.9 Å². The zero-order valence-electron chi connectivity index (χ0n) is 15.1. The summed E-state index contributed by atoms with van der Waals surface area (Å²) in [4.78, 5) is 36.2. The number of carbonyl (C=O) groups is 1. The molecule has 0 saturated carbocycles. The Hall–Kier alpha value is -2.68. The Bertz CT molecular complexity index is 1090. The number of hydrogen-bond acceptors (Lipinski definition) is 5. The van der Waals surface area contributed by atoms with Gasteiger partial charge >= 0.3 is 0 Å². The van der Waals surface area contributed by atoms with E-state index in [0.29, 0.717) is 30.6 Å². The van der Waals surface area contributed by atoms with Crippen LogP contribution < -0.4 is 5.56 Å². The van der Waals surface area contributed by atoms with Crippen LogP contribution in [0.25, 0.3) is 10.9 Å². The Morgan fingerprint density at radius 3 is 2.82 bits per heavy atom. The second-order valence-corrected chi connectivity index (χ2v) is 7.76. The molecule has 3 aromatic rings. The number of hydrogen-bond donors (Lipinski definition) is 0. The van der Waals surface area contributed by atoms with Crippen molar-refractivity contribution in [2.24, 2.45) is 0 Å². The Morgan fingerprint density at radius 2 is 2.11 bits per heavy atom. The van der Waals surface area contributed by atoms with E-state index in [1.54, 1.807) is 34.5 Å². The number of fused-ring (bicyclic) bond motifs is 1. The summed E-state index contributed by atoms with van der Waals surface area (Å²) in [5.74, 6) is -0.0559. The SMILES string of the molecule is Cc1nc(C(=O)N2CCCC2c2nc3ccccc3c(=O)n2CC(F)F)cs1. The maximum absolute atomic E-state index is 13.2. The third kappa shape index (κ3) is 3.30. The van der Waals surface area contributed by atoms with E-state index in [2.05, 4.69) is 9.97 Å². The highest BCUT2D eigenvalue weighted by molar-refractivity contribution is 7.09. The summed E-state index contributed by atoms with van der Waals surface area (Å²) < 4.78 is 27.5. The van der Waals surface area contributed by atoms with Crippen LogP contribution >= 0.6 is 11.3 Å². The van der Waals surface area contributed by atoms with Crippen LogP contribution in [0.1, 0.15) is 40.2 Å². The minimum atomic E-state index is -2.70. The molecule has 9 heteroatoms. The fourth-order valence-electron chi connectivity index (χ4n) is 3.64. The van der Waals surface area contributed by atoms with E-state index < -0.39 is 24.6 Å². The first kappa shape index (κ1) is 18.7. The molecule has 1 aromatic carbocycles. The molecule has 1 unspecified atom stereocenters. The van der Waals surface area contributed by atoms with Crippen molar-refractivity contribution in [3.05, 3.63) is 56.5 Å². The smallest absolute Gasteiger partial charge is 0.273 e. The highest BCUT2D eigenvalue weighted by Gasteiger charge is 2.35. The largest absolute Gasteiger partial charge is 0.327 e. The molecular weight excluding hydrogens is 386 g/mol. The number of aryl methyl sites for hydroxylation is 1. The molecule has 0 N–H and O–H groups in total. The lowest BCUT2D eigenvalue weighted by Crippen LogP contribution is -2.36. The second-order valence-electron chi connectivity index (χ2n) is 6.70. The summed E-state index contributed by atoms with van der Waals surface area (Å²) in [7, 11) is 0.